The van der Waals surface area contributed by atoms with Crippen LogP contribution >= 0.6 is 11.6 Å². The molecule has 0 spiro atoms. The number of aromatic amines is 1. The number of hydrogen-bond donors (Lipinski definition) is 2. The Balaban J connectivity index is 1.89. The molecule has 1 amide bonds. The SMILES string of the molecule is CCCCN1C(=O)c2[nH]nc(-c3cc(Cl)c(C)cc3O)c2C1c1ccc(OCC)c(OC)c1. The van der Waals surface area contributed by atoms with Crippen molar-refractivity contribution in [2.45, 2.75) is 39.7 Å². The summed E-state index contributed by atoms with van der Waals surface area (Å²) in [5.74, 6) is 1.18. The lowest BCUT2D eigenvalue weighted by Crippen LogP contribution is -2.30. The molecule has 3 aromatic rings. The highest BCUT2D eigenvalue weighted by molar-refractivity contribution is 6.31. The number of aromatic hydroxyl groups is 1. The Morgan fingerprint density at radius 2 is 2.00 bits per heavy atom. The summed E-state index contributed by atoms with van der Waals surface area (Å²) in [6.45, 7) is 6.94. The number of phenols is 1. The molecular weight excluding hydrogens is 442 g/mol. The summed E-state index contributed by atoms with van der Waals surface area (Å²) in [5, 5.41) is 18.5. The predicted molar refractivity (Wildman–Crippen MR) is 127 cm³/mol. The van der Waals surface area contributed by atoms with Crippen LogP contribution in [0.3, 0.4) is 0 Å². The van der Waals surface area contributed by atoms with Crippen molar-refractivity contribution in [1.29, 1.82) is 0 Å². The number of benzene rings is 2. The number of phenolic OH excluding ortho intramolecular Hbond substituents is 1. The van der Waals surface area contributed by atoms with Crippen LogP contribution in [0.25, 0.3) is 11.3 Å². The number of rotatable bonds is 8. The maximum absolute atomic E-state index is 13.4. The first kappa shape index (κ1) is 23.0. The van der Waals surface area contributed by atoms with Gasteiger partial charge in [0, 0.05) is 22.7 Å². The van der Waals surface area contributed by atoms with E-state index in [0.29, 0.717) is 46.6 Å². The average Bonchev–Trinajstić information content (AvgIpc) is 3.34. The molecule has 174 valence electrons. The molecule has 1 aliphatic rings. The molecule has 1 aromatic heterocycles. The van der Waals surface area contributed by atoms with Crippen molar-refractivity contribution in [2.24, 2.45) is 0 Å². The van der Waals surface area contributed by atoms with Crippen LogP contribution in [0, 0.1) is 6.92 Å². The van der Waals surface area contributed by atoms with Gasteiger partial charge in [0.1, 0.15) is 17.1 Å². The van der Waals surface area contributed by atoms with Crippen molar-refractivity contribution >= 4 is 17.5 Å². The number of hydrogen-bond acceptors (Lipinski definition) is 5. The summed E-state index contributed by atoms with van der Waals surface area (Å²) in [7, 11) is 1.59. The van der Waals surface area contributed by atoms with Crippen LogP contribution in [0.1, 0.15) is 59.9 Å². The van der Waals surface area contributed by atoms with Crippen molar-refractivity contribution < 1.29 is 19.4 Å². The van der Waals surface area contributed by atoms with E-state index in [9.17, 15) is 9.90 Å². The van der Waals surface area contributed by atoms with Gasteiger partial charge >= 0.3 is 0 Å². The van der Waals surface area contributed by atoms with E-state index in [1.54, 1.807) is 19.2 Å². The highest BCUT2D eigenvalue weighted by atomic mass is 35.5. The summed E-state index contributed by atoms with van der Waals surface area (Å²) in [6.07, 6.45) is 1.82. The molecule has 0 radical (unpaired) electrons. The van der Waals surface area contributed by atoms with E-state index in [2.05, 4.69) is 17.1 Å². The van der Waals surface area contributed by atoms with Gasteiger partial charge in [-0.1, -0.05) is 31.0 Å². The fourth-order valence-electron chi connectivity index (χ4n) is 4.29. The van der Waals surface area contributed by atoms with Crippen molar-refractivity contribution in [3.63, 3.8) is 0 Å². The average molecular weight is 470 g/mol. The molecule has 4 rings (SSSR count). The minimum absolute atomic E-state index is 0.0636. The van der Waals surface area contributed by atoms with Crippen molar-refractivity contribution in [3.05, 3.63) is 57.7 Å². The second-order valence-electron chi connectivity index (χ2n) is 8.08. The van der Waals surface area contributed by atoms with Gasteiger partial charge in [-0.3, -0.25) is 9.89 Å². The minimum Gasteiger partial charge on any atom is -0.507 e. The van der Waals surface area contributed by atoms with Crippen LogP contribution in [0.5, 0.6) is 17.2 Å². The monoisotopic (exact) mass is 469 g/mol. The van der Waals surface area contributed by atoms with Gasteiger partial charge in [-0.25, -0.2) is 0 Å². The smallest absolute Gasteiger partial charge is 0.273 e. The molecule has 7 nitrogen and oxygen atoms in total. The number of nitrogens with zero attached hydrogens (tertiary/aromatic N) is 2. The van der Waals surface area contributed by atoms with Gasteiger partial charge in [-0.15, -0.1) is 0 Å². The number of carbonyl (C=O) groups excluding carboxylic acids is 1. The molecule has 2 N–H and O–H groups in total. The number of aromatic nitrogens is 2. The molecule has 0 saturated carbocycles. The zero-order chi connectivity index (χ0) is 23.7. The zero-order valence-corrected chi connectivity index (χ0v) is 20.0. The lowest BCUT2D eigenvalue weighted by molar-refractivity contribution is 0.0741. The van der Waals surface area contributed by atoms with Crippen LogP contribution in [0.15, 0.2) is 30.3 Å². The lowest BCUT2D eigenvalue weighted by atomic mass is 9.95. The number of amides is 1. The van der Waals surface area contributed by atoms with Crippen LogP contribution < -0.4 is 9.47 Å². The summed E-state index contributed by atoms with van der Waals surface area (Å²) >= 11 is 6.36. The molecular formula is C25H28ClN3O4. The van der Waals surface area contributed by atoms with Crippen molar-refractivity contribution in [3.8, 4) is 28.5 Å². The highest BCUT2D eigenvalue weighted by Gasteiger charge is 2.42. The third kappa shape index (κ3) is 4.02. The Bertz CT molecular complexity index is 1190. The number of aryl methyl sites for hydroxylation is 1. The molecule has 8 heteroatoms. The quantitative estimate of drug-likeness (QED) is 0.455. The second kappa shape index (κ2) is 9.35. The van der Waals surface area contributed by atoms with Crippen LogP contribution in [-0.2, 0) is 0 Å². The molecule has 0 bridgehead atoms. The second-order valence-corrected chi connectivity index (χ2v) is 8.48. The number of halogens is 1. The van der Waals surface area contributed by atoms with E-state index in [4.69, 9.17) is 21.1 Å². The number of H-pyrrole nitrogens is 1. The fourth-order valence-corrected chi connectivity index (χ4v) is 4.46. The maximum Gasteiger partial charge on any atom is 0.273 e. The summed E-state index contributed by atoms with van der Waals surface area (Å²) < 4.78 is 11.2. The summed E-state index contributed by atoms with van der Waals surface area (Å²) in [4.78, 5) is 15.2. The number of fused-ring (bicyclic) bond motifs is 1. The minimum atomic E-state index is -0.392. The molecule has 0 aliphatic carbocycles. The van der Waals surface area contributed by atoms with Gasteiger partial charge in [0.25, 0.3) is 5.91 Å². The molecule has 1 unspecified atom stereocenters. The third-order valence-electron chi connectivity index (χ3n) is 5.95. The van der Waals surface area contributed by atoms with E-state index < -0.39 is 6.04 Å². The van der Waals surface area contributed by atoms with Gasteiger partial charge in [-0.2, -0.15) is 5.10 Å². The van der Waals surface area contributed by atoms with Crippen LogP contribution in [-0.4, -0.2) is 46.4 Å². The molecule has 2 heterocycles. The predicted octanol–water partition coefficient (Wildman–Crippen LogP) is 5.50. The van der Waals surface area contributed by atoms with Crippen LogP contribution in [0.2, 0.25) is 5.02 Å². The van der Waals surface area contributed by atoms with E-state index in [1.807, 2.05) is 36.9 Å². The number of ether oxygens (including phenoxy) is 2. The zero-order valence-electron chi connectivity index (χ0n) is 19.2. The van der Waals surface area contributed by atoms with Gasteiger partial charge in [0.15, 0.2) is 11.5 Å². The topological polar surface area (TPSA) is 87.7 Å². The normalized spacial score (nSPS) is 15.1. The lowest BCUT2D eigenvalue weighted by Gasteiger charge is -2.27. The summed E-state index contributed by atoms with van der Waals surface area (Å²) in [6, 6.07) is 8.61. The molecule has 33 heavy (non-hydrogen) atoms. The number of nitrogens with one attached hydrogen (secondary N) is 1. The van der Waals surface area contributed by atoms with E-state index >= 15 is 0 Å². The Hall–Kier alpha value is -3.19. The van der Waals surface area contributed by atoms with Crippen molar-refractivity contribution in [2.75, 3.05) is 20.3 Å². The Morgan fingerprint density at radius 1 is 1.21 bits per heavy atom. The molecule has 1 aliphatic heterocycles. The van der Waals surface area contributed by atoms with Gasteiger partial charge < -0.3 is 19.5 Å². The Morgan fingerprint density at radius 3 is 2.70 bits per heavy atom. The molecule has 2 aromatic carbocycles. The van der Waals surface area contributed by atoms with Gasteiger partial charge in [0.2, 0.25) is 0 Å². The van der Waals surface area contributed by atoms with Crippen LogP contribution in [0.4, 0.5) is 0 Å². The fraction of sp³-hybridized carbons (Fsp3) is 0.360. The van der Waals surface area contributed by atoms with Crippen molar-refractivity contribution in [1.82, 2.24) is 15.1 Å². The highest BCUT2D eigenvalue weighted by Crippen LogP contribution is 2.46. The Kier molecular flexibility index (Phi) is 6.51. The largest absolute Gasteiger partial charge is 0.507 e. The van der Waals surface area contributed by atoms with E-state index in [1.165, 1.54) is 0 Å². The van der Waals surface area contributed by atoms with E-state index in [0.717, 1.165) is 29.5 Å². The number of carbonyl (C=O) groups is 1. The number of methoxy groups -OCH3 is 1. The Labute approximate surface area is 198 Å². The third-order valence-corrected chi connectivity index (χ3v) is 6.36. The molecule has 0 saturated heterocycles. The first-order valence-corrected chi connectivity index (χ1v) is 11.5. The van der Waals surface area contributed by atoms with Gasteiger partial charge in [-0.05, 0) is 55.7 Å². The van der Waals surface area contributed by atoms with E-state index in [-0.39, 0.29) is 11.7 Å². The number of unbranched alkanes of at least 4 members (excludes halogenated alkanes) is 1. The maximum atomic E-state index is 13.4. The summed E-state index contributed by atoms with van der Waals surface area (Å²) in [5.41, 5.74) is 3.77. The molecule has 0 fully saturated rings. The van der Waals surface area contributed by atoms with Gasteiger partial charge in [0.05, 0.1) is 19.8 Å². The molecule has 1 atom stereocenters. The first-order chi connectivity index (χ1) is 15.9. The standard InChI is InChI=1S/C25H28ClN3O4/c1-5-7-10-29-24(15-8-9-19(33-6-2)20(12-15)32-4)21-22(27-28-23(21)25(29)31)16-13-17(26)14(3)11-18(16)30/h8-9,11-13,24,30H,5-7,10H2,1-4H3,(H,27,28). The first-order valence-electron chi connectivity index (χ1n) is 11.1.